The topological polar surface area (TPSA) is 98.2 Å². The molecule has 5 rings (SSSR count). The lowest BCUT2D eigenvalue weighted by molar-refractivity contribution is 0.0695. The first kappa shape index (κ1) is 18.4. The summed E-state index contributed by atoms with van der Waals surface area (Å²) in [5.41, 5.74) is 7.04. The van der Waals surface area contributed by atoms with Gasteiger partial charge in [-0.2, -0.15) is 0 Å². The van der Waals surface area contributed by atoms with E-state index in [0.717, 1.165) is 42.5 Å². The van der Waals surface area contributed by atoms with Gasteiger partial charge in [-0.15, -0.1) is 11.3 Å². The number of aryl methyl sites for hydroxylation is 2. The maximum absolute atomic E-state index is 15.4. The molecule has 0 aromatic carbocycles. The third kappa shape index (κ3) is 2.81. The van der Waals surface area contributed by atoms with Crippen LogP contribution in [-0.2, 0) is 6.42 Å². The molecule has 3 aromatic heterocycles. The van der Waals surface area contributed by atoms with E-state index in [4.69, 9.17) is 5.73 Å². The Bertz CT molecular complexity index is 1240. The average Bonchev–Trinajstić information content (AvgIpc) is 3.42. The van der Waals surface area contributed by atoms with Crippen molar-refractivity contribution in [3.63, 3.8) is 0 Å². The van der Waals surface area contributed by atoms with E-state index in [9.17, 15) is 14.7 Å². The molecule has 0 aliphatic heterocycles. The van der Waals surface area contributed by atoms with Crippen molar-refractivity contribution in [3.8, 4) is 10.6 Å². The molecule has 0 saturated heterocycles. The van der Waals surface area contributed by atoms with E-state index in [-0.39, 0.29) is 34.3 Å². The van der Waals surface area contributed by atoms with Crippen molar-refractivity contribution < 1.29 is 14.3 Å². The van der Waals surface area contributed by atoms with Gasteiger partial charge in [0.25, 0.3) is 0 Å². The van der Waals surface area contributed by atoms with Gasteiger partial charge in [0, 0.05) is 28.7 Å². The molecule has 8 heteroatoms. The fourth-order valence-electron chi connectivity index (χ4n) is 4.18. The Morgan fingerprint density at radius 3 is 2.79 bits per heavy atom. The lowest BCUT2D eigenvalue weighted by atomic mass is 9.95. The molecule has 1 fully saturated rings. The third-order valence-electron chi connectivity index (χ3n) is 5.88. The maximum atomic E-state index is 15.4. The lowest BCUT2D eigenvalue weighted by Gasteiger charge is -2.17. The highest BCUT2D eigenvalue weighted by atomic mass is 32.1. The Kier molecular flexibility index (Phi) is 4.11. The van der Waals surface area contributed by atoms with Crippen molar-refractivity contribution in [1.82, 2.24) is 9.55 Å². The van der Waals surface area contributed by atoms with Gasteiger partial charge in [0.1, 0.15) is 16.9 Å². The minimum atomic E-state index is -1.31. The second-order valence-corrected chi connectivity index (χ2v) is 9.00. The van der Waals surface area contributed by atoms with Crippen LogP contribution >= 0.6 is 11.3 Å². The summed E-state index contributed by atoms with van der Waals surface area (Å²) in [4.78, 5) is 30.7. The Morgan fingerprint density at radius 1 is 1.38 bits per heavy atom. The Labute approximate surface area is 169 Å². The van der Waals surface area contributed by atoms with Crippen LogP contribution in [0, 0.1) is 12.7 Å². The second-order valence-electron chi connectivity index (χ2n) is 7.91. The molecule has 0 spiro atoms. The summed E-state index contributed by atoms with van der Waals surface area (Å²) in [7, 11) is 0. The third-order valence-corrected chi connectivity index (χ3v) is 7.20. The SMILES string of the molecule is Cc1c(F)c(-c2cc3c(s2)C(N)CCC3)nc2c1c(=O)c(C(=O)O)cn2C1CC1. The number of nitrogens with zero attached hydrogens (tertiary/aromatic N) is 2. The van der Waals surface area contributed by atoms with Gasteiger partial charge >= 0.3 is 5.97 Å². The standard InChI is InChI=1S/C21H20FN3O3S/c1-9-15-18(26)12(21(27)28)8-25(11-5-6-11)20(15)24-17(16(9)22)14-7-10-3-2-4-13(23)19(10)29-14/h7-8,11,13H,2-6,23H2,1H3,(H,27,28). The summed E-state index contributed by atoms with van der Waals surface area (Å²) in [6, 6.07) is 2.01. The van der Waals surface area contributed by atoms with Crippen molar-refractivity contribution in [1.29, 1.82) is 0 Å². The number of pyridine rings is 2. The molecule has 0 bridgehead atoms. The van der Waals surface area contributed by atoms with E-state index in [1.165, 1.54) is 24.5 Å². The van der Waals surface area contributed by atoms with Crippen LogP contribution in [0.15, 0.2) is 17.1 Å². The van der Waals surface area contributed by atoms with Crippen LogP contribution in [0.3, 0.4) is 0 Å². The number of hydrogen-bond donors (Lipinski definition) is 2. The highest BCUT2D eigenvalue weighted by molar-refractivity contribution is 7.15. The zero-order chi connectivity index (χ0) is 20.4. The number of nitrogens with two attached hydrogens (primary N) is 1. The van der Waals surface area contributed by atoms with Crippen LogP contribution in [0.1, 0.15) is 64.1 Å². The van der Waals surface area contributed by atoms with Gasteiger partial charge in [0.2, 0.25) is 5.43 Å². The molecule has 3 aromatic rings. The van der Waals surface area contributed by atoms with E-state index in [1.807, 2.05) is 6.07 Å². The van der Waals surface area contributed by atoms with Gasteiger partial charge in [-0.3, -0.25) is 4.79 Å². The largest absolute Gasteiger partial charge is 0.477 e. The molecule has 0 amide bonds. The molecule has 3 N–H and O–H groups in total. The molecule has 2 aliphatic rings. The van der Waals surface area contributed by atoms with Crippen LogP contribution in [0.2, 0.25) is 0 Å². The zero-order valence-electron chi connectivity index (χ0n) is 15.9. The lowest BCUT2D eigenvalue weighted by Crippen LogP contribution is -2.21. The molecule has 3 heterocycles. The summed E-state index contributed by atoms with van der Waals surface area (Å²) < 4.78 is 17.1. The van der Waals surface area contributed by atoms with E-state index < -0.39 is 17.2 Å². The quantitative estimate of drug-likeness (QED) is 0.678. The number of fused-ring (bicyclic) bond motifs is 2. The predicted molar refractivity (Wildman–Crippen MR) is 109 cm³/mol. The van der Waals surface area contributed by atoms with Crippen molar-refractivity contribution in [2.75, 3.05) is 0 Å². The Balaban J connectivity index is 1.80. The molecule has 6 nitrogen and oxygen atoms in total. The van der Waals surface area contributed by atoms with Gasteiger partial charge < -0.3 is 15.4 Å². The number of halogens is 1. The van der Waals surface area contributed by atoms with E-state index in [1.54, 1.807) is 4.57 Å². The fourth-order valence-corrected chi connectivity index (χ4v) is 5.41. The summed E-state index contributed by atoms with van der Waals surface area (Å²) in [6.07, 6.45) is 5.96. The summed E-state index contributed by atoms with van der Waals surface area (Å²) >= 11 is 1.46. The summed E-state index contributed by atoms with van der Waals surface area (Å²) in [5, 5.41) is 9.48. The van der Waals surface area contributed by atoms with Crippen LogP contribution in [0.4, 0.5) is 4.39 Å². The predicted octanol–water partition coefficient (Wildman–Crippen LogP) is 3.94. The van der Waals surface area contributed by atoms with E-state index in [2.05, 4.69) is 4.98 Å². The number of aromatic carboxylic acids is 1. The first-order valence-corrected chi connectivity index (χ1v) is 10.5. The molecular formula is C21H20FN3O3S. The van der Waals surface area contributed by atoms with Crippen LogP contribution in [0.5, 0.6) is 0 Å². The first-order chi connectivity index (χ1) is 13.9. The van der Waals surface area contributed by atoms with Crippen LogP contribution in [-0.4, -0.2) is 20.6 Å². The van der Waals surface area contributed by atoms with Crippen LogP contribution < -0.4 is 11.2 Å². The smallest absolute Gasteiger partial charge is 0.341 e. The van der Waals surface area contributed by atoms with Crippen molar-refractivity contribution in [2.24, 2.45) is 5.73 Å². The molecule has 0 radical (unpaired) electrons. The number of carbonyl (C=O) groups is 1. The highest BCUT2D eigenvalue weighted by Crippen LogP contribution is 2.42. The minimum Gasteiger partial charge on any atom is -0.477 e. The Hall–Kier alpha value is -2.58. The van der Waals surface area contributed by atoms with E-state index in [0.29, 0.717) is 10.5 Å². The molecule has 29 heavy (non-hydrogen) atoms. The van der Waals surface area contributed by atoms with Crippen molar-refractivity contribution in [2.45, 2.75) is 51.1 Å². The monoisotopic (exact) mass is 413 g/mol. The number of aromatic nitrogens is 2. The number of carboxylic acid groups (broad SMARTS) is 1. The minimum absolute atomic E-state index is 0.0371. The van der Waals surface area contributed by atoms with Gasteiger partial charge in [-0.05, 0) is 50.7 Å². The number of carboxylic acids is 1. The first-order valence-electron chi connectivity index (χ1n) is 9.73. The maximum Gasteiger partial charge on any atom is 0.341 e. The van der Waals surface area contributed by atoms with Crippen molar-refractivity contribution >= 4 is 28.3 Å². The van der Waals surface area contributed by atoms with Crippen LogP contribution in [0.25, 0.3) is 21.6 Å². The van der Waals surface area contributed by atoms with Gasteiger partial charge in [-0.25, -0.2) is 14.2 Å². The van der Waals surface area contributed by atoms with Gasteiger partial charge in [0.15, 0.2) is 5.82 Å². The molecule has 150 valence electrons. The number of rotatable bonds is 3. The molecule has 1 unspecified atom stereocenters. The fraction of sp³-hybridized carbons (Fsp3) is 0.381. The number of thiophene rings is 1. The molecular weight excluding hydrogens is 393 g/mol. The van der Waals surface area contributed by atoms with Gasteiger partial charge in [0.05, 0.1) is 10.3 Å². The normalized spacial score (nSPS) is 18.8. The summed E-state index contributed by atoms with van der Waals surface area (Å²) in [6.45, 7) is 1.52. The average molecular weight is 413 g/mol. The number of hydrogen-bond acceptors (Lipinski definition) is 5. The molecule has 1 saturated carbocycles. The highest BCUT2D eigenvalue weighted by Gasteiger charge is 2.30. The van der Waals surface area contributed by atoms with E-state index >= 15 is 4.39 Å². The Morgan fingerprint density at radius 2 is 2.14 bits per heavy atom. The molecule has 2 aliphatic carbocycles. The van der Waals surface area contributed by atoms with Gasteiger partial charge in [-0.1, -0.05) is 0 Å². The zero-order valence-corrected chi connectivity index (χ0v) is 16.7. The second kappa shape index (κ2) is 6.47. The molecule has 1 atom stereocenters. The van der Waals surface area contributed by atoms with Crippen molar-refractivity contribution in [3.05, 3.63) is 49.9 Å². The summed E-state index contributed by atoms with van der Waals surface area (Å²) in [5.74, 6) is -1.89.